The molecule has 0 bridgehead atoms. The lowest BCUT2D eigenvalue weighted by molar-refractivity contribution is 0.266. The SMILES string of the molecule is C1=C(c2ccc3c(c2)c2ccccc2n3-c2cccc3c2oc2ccc(-n4c5ccc(-c6ccccc6-c6ccccn6)cc5c5cc(-c6ccccc6-c6ccccn6)ccc54)cc23)C2Oc3ccc(-n4c5cccnc5c5ncccc54)nc3C2N=C1n1c2cccnc2c2ncccc21. The molecule has 2 aliphatic heterocycles. The smallest absolute Gasteiger partial charge is 0.159 e. The zero-order valence-corrected chi connectivity index (χ0v) is 54.2. The van der Waals surface area contributed by atoms with Crippen molar-refractivity contribution in [3.8, 4) is 67.7 Å². The first kappa shape index (κ1) is 56.1. The molecular formula is C88H52N12O2. The predicted molar refractivity (Wildman–Crippen MR) is 407 cm³/mol. The van der Waals surface area contributed by atoms with E-state index in [1.165, 1.54) is 0 Å². The Bertz CT molecular complexity index is 6770. The number of dihydropyridines is 1. The molecule has 0 spiro atoms. The maximum atomic E-state index is 7.15. The van der Waals surface area contributed by atoms with Crippen molar-refractivity contribution in [2.24, 2.45) is 4.99 Å². The van der Waals surface area contributed by atoms with Crippen molar-refractivity contribution in [2.45, 2.75) is 12.1 Å². The minimum atomic E-state index is -0.531. The van der Waals surface area contributed by atoms with Gasteiger partial charge in [-0.15, -0.1) is 0 Å². The van der Waals surface area contributed by atoms with E-state index in [1.807, 2.05) is 97.8 Å². The predicted octanol–water partition coefficient (Wildman–Crippen LogP) is 20.3. The molecule has 20 aromatic rings. The summed E-state index contributed by atoms with van der Waals surface area (Å²) in [4.78, 5) is 40.0. The molecule has 14 nitrogen and oxygen atoms in total. The van der Waals surface area contributed by atoms with E-state index in [0.717, 1.165) is 194 Å². The van der Waals surface area contributed by atoms with E-state index in [9.17, 15) is 0 Å². The van der Waals surface area contributed by atoms with Crippen molar-refractivity contribution < 1.29 is 9.15 Å². The minimum Gasteiger partial charge on any atom is -0.481 e. The number of hydrogen-bond donors (Lipinski definition) is 0. The number of pyridine rings is 7. The second-order valence-electron chi connectivity index (χ2n) is 26.1. The first-order chi connectivity index (χ1) is 50.6. The van der Waals surface area contributed by atoms with Crippen LogP contribution in [0.1, 0.15) is 17.3 Å². The monoisotopic (exact) mass is 1310 g/mol. The van der Waals surface area contributed by atoms with Crippen molar-refractivity contribution in [3.05, 3.63) is 315 Å². The summed E-state index contributed by atoms with van der Waals surface area (Å²) >= 11 is 0. The summed E-state index contributed by atoms with van der Waals surface area (Å²) in [6.45, 7) is 0. The van der Waals surface area contributed by atoms with Gasteiger partial charge in [-0.1, -0.05) is 109 Å². The molecule has 2 atom stereocenters. The molecule has 0 fully saturated rings. The van der Waals surface area contributed by atoms with Gasteiger partial charge in [-0.3, -0.25) is 44.0 Å². The van der Waals surface area contributed by atoms with Crippen LogP contribution in [0.15, 0.2) is 314 Å². The number of ether oxygens (including phenoxy) is 1. The Kier molecular flexibility index (Phi) is 12.0. The third-order valence-corrected chi connectivity index (χ3v) is 20.7. The zero-order valence-electron chi connectivity index (χ0n) is 54.2. The summed E-state index contributed by atoms with van der Waals surface area (Å²) in [5.41, 5.74) is 25.8. The maximum absolute atomic E-state index is 7.15. The van der Waals surface area contributed by atoms with Gasteiger partial charge < -0.3 is 18.3 Å². The van der Waals surface area contributed by atoms with Crippen LogP contribution in [0.5, 0.6) is 5.75 Å². The van der Waals surface area contributed by atoms with Gasteiger partial charge in [-0.2, -0.15) is 0 Å². The lowest BCUT2D eigenvalue weighted by atomic mass is 9.91. The van der Waals surface area contributed by atoms with Crippen LogP contribution in [0.4, 0.5) is 0 Å². The minimum absolute atomic E-state index is 0.518. The fourth-order valence-corrected chi connectivity index (χ4v) is 16.3. The van der Waals surface area contributed by atoms with Gasteiger partial charge in [0.2, 0.25) is 0 Å². The van der Waals surface area contributed by atoms with Crippen molar-refractivity contribution in [1.82, 2.24) is 53.2 Å². The molecule has 476 valence electrons. The van der Waals surface area contributed by atoms with E-state index < -0.39 is 12.1 Å². The van der Waals surface area contributed by atoms with E-state index in [0.29, 0.717) is 5.75 Å². The average molecular weight is 1310 g/mol. The van der Waals surface area contributed by atoms with Crippen LogP contribution >= 0.6 is 0 Å². The highest BCUT2D eigenvalue weighted by atomic mass is 16.5. The molecule has 12 aromatic heterocycles. The Morgan fingerprint density at radius 1 is 0.333 bits per heavy atom. The zero-order chi connectivity index (χ0) is 66.7. The first-order valence-corrected chi connectivity index (χ1v) is 34.1. The van der Waals surface area contributed by atoms with Crippen LogP contribution < -0.4 is 4.74 Å². The Balaban J connectivity index is 0.689. The van der Waals surface area contributed by atoms with E-state index >= 15 is 0 Å². The Morgan fingerprint density at radius 3 is 1.46 bits per heavy atom. The number of allylic oxidation sites excluding steroid dienone is 1. The third kappa shape index (κ3) is 8.28. The average Bonchev–Trinajstić information content (AvgIpc) is 1.56. The standard InChI is InChI=1S/C88H52N12O2/c1-3-18-57(66-22-7-9-40-89-66)55(16-1)51-30-34-69-63(46-51)64-47-52(56-17-2-4-19-58(56)67-23-8-10-41-90-67)31-35-70(64)97(69)54-33-37-77-65(49-54)60-21-11-25-76(87(60)101-77)98-68-24-6-5-20-59(68)62-48-53(32-36-71(62)98)61-50-80(100-74-28-14-44-93-83(74)84-75(100)29-15-45-94-84)96-86-85-78(102-88(61)86)38-39-79(95-85)99-72-26-12-42-91-81(72)82-73(99)27-13-43-92-82/h1-50,86,88H. The van der Waals surface area contributed by atoms with Crippen LogP contribution in [0.2, 0.25) is 0 Å². The second-order valence-corrected chi connectivity index (χ2v) is 26.1. The molecule has 0 amide bonds. The van der Waals surface area contributed by atoms with Gasteiger partial charge in [0.05, 0.1) is 61.2 Å². The number of benzene rings is 8. The van der Waals surface area contributed by atoms with Gasteiger partial charge in [-0.05, 0) is 186 Å². The van der Waals surface area contributed by atoms with Gasteiger partial charge in [0.15, 0.2) is 11.7 Å². The van der Waals surface area contributed by atoms with Gasteiger partial charge in [0.25, 0.3) is 0 Å². The van der Waals surface area contributed by atoms with Crippen LogP contribution in [0.25, 0.3) is 177 Å². The number of aliphatic imine (C=N–C) groups is 1. The molecule has 14 heteroatoms. The lowest BCUT2D eigenvalue weighted by Crippen LogP contribution is -2.27. The van der Waals surface area contributed by atoms with Crippen molar-refractivity contribution >= 4 is 121 Å². The number of para-hydroxylation sites is 2. The molecule has 0 radical (unpaired) electrons. The second kappa shape index (κ2) is 21.8. The highest BCUT2D eigenvalue weighted by Gasteiger charge is 2.43. The normalized spacial score (nSPS) is 14.5. The van der Waals surface area contributed by atoms with E-state index in [-0.39, 0.29) is 0 Å². The van der Waals surface area contributed by atoms with Crippen LogP contribution in [0, 0.1) is 0 Å². The van der Waals surface area contributed by atoms with E-state index in [2.05, 4.69) is 225 Å². The van der Waals surface area contributed by atoms with Crippen LogP contribution in [-0.4, -0.2) is 65.1 Å². The van der Waals surface area contributed by atoms with Crippen molar-refractivity contribution in [2.75, 3.05) is 0 Å². The number of rotatable bonds is 8. The van der Waals surface area contributed by atoms with E-state index in [1.54, 1.807) is 0 Å². The van der Waals surface area contributed by atoms with Gasteiger partial charge in [0.1, 0.15) is 56.8 Å². The Morgan fingerprint density at radius 2 is 0.843 bits per heavy atom. The number of nitrogens with zero attached hydrogens (tertiary/aromatic N) is 12. The Labute approximate surface area is 580 Å². The Hall–Kier alpha value is -14.0. The quantitative estimate of drug-likeness (QED) is 0.145. The van der Waals surface area contributed by atoms with Gasteiger partial charge in [-0.25, -0.2) is 4.98 Å². The molecule has 22 rings (SSSR count). The summed E-state index contributed by atoms with van der Waals surface area (Å²) in [5, 5.41) is 6.47. The highest BCUT2D eigenvalue weighted by Crippen LogP contribution is 2.49. The number of furan rings is 1. The molecular weight excluding hydrogens is 1260 g/mol. The molecule has 0 aliphatic carbocycles. The molecule has 102 heavy (non-hydrogen) atoms. The lowest BCUT2D eigenvalue weighted by Gasteiger charge is -2.25. The summed E-state index contributed by atoms with van der Waals surface area (Å²) in [6, 6.07) is 91.3. The summed E-state index contributed by atoms with van der Waals surface area (Å²) in [7, 11) is 0. The number of hydrogen-bond acceptors (Lipinski definition) is 10. The summed E-state index contributed by atoms with van der Waals surface area (Å²) in [6.07, 6.45) is 12.6. The fourth-order valence-electron chi connectivity index (χ4n) is 16.3. The maximum Gasteiger partial charge on any atom is 0.159 e. The molecule has 0 saturated heterocycles. The highest BCUT2D eigenvalue weighted by molar-refractivity contribution is 6.18. The largest absolute Gasteiger partial charge is 0.481 e. The van der Waals surface area contributed by atoms with E-state index in [4.69, 9.17) is 49.0 Å². The third-order valence-electron chi connectivity index (χ3n) is 20.7. The summed E-state index contributed by atoms with van der Waals surface area (Å²) < 4.78 is 23.4. The molecule has 0 N–H and O–H groups in total. The molecule has 0 saturated carbocycles. The van der Waals surface area contributed by atoms with Gasteiger partial charge >= 0.3 is 0 Å². The fraction of sp³-hybridized carbons (Fsp3) is 0.0227. The topological polar surface area (TPSA) is 145 Å². The molecule has 14 heterocycles. The van der Waals surface area contributed by atoms with Crippen LogP contribution in [0.3, 0.4) is 0 Å². The first-order valence-electron chi connectivity index (χ1n) is 34.1. The number of aromatic nitrogens is 11. The van der Waals surface area contributed by atoms with Crippen LogP contribution in [-0.2, 0) is 0 Å². The molecule has 8 aromatic carbocycles. The molecule has 2 aliphatic rings. The molecule has 2 unspecified atom stereocenters. The van der Waals surface area contributed by atoms with Crippen molar-refractivity contribution in [1.29, 1.82) is 0 Å². The number of fused-ring (bicyclic) bond motifs is 18. The summed E-state index contributed by atoms with van der Waals surface area (Å²) in [5.74, 6) is 2.12. The van der Waals surface area contributed by atoms with Gasteiger partial charge in [0, 0.05) is 91.9 Å². The van der Waals surface area contributed by atoms with Crippen molar-refractivity contribution in [3.63, 3.8) is 0 Å².